The lowest BCUT2D eigenvalue weighted by Gasteiger charge is -2.14. The van der Waals surface area contributed by atoms with Gasteiger partial charge in [0.25, 0.3) is 0 Å². The number of aromatic nitrogens is 4. The number of thioether (sulfide) groups is 1. The fourth-order valence-electron chi connectivity index (χ4n) is 2.66. The number of halogens is 1. The van der Waals surface area contributed by atoms with Gasteiger partial charge >= 0.3 is 0 Å². The van der Waals surface area contributed by atoms with Crippen LogP contribution in [-0.4, -0.2) is 31.4 Å². The first-order valence-electron chi connectivity index (χ1n) is 7.64. The number of amides is 1. The van der Waals surface area contributed by atoms with Crippen molar-refractivity contribution in [2.45, 2.75) is 49.1 Å². The summed E-state index contributed by atoms with van der Waals surface area (Å²) in [7, 11) is 0. The zero-order chi connectivity index (χ0) is 16.2. The van der Waals surface area contributed by atoms with E-state index in [1.807, 2.05) is 35.9 Å². The number of carbonyl (C=O) groups is 1. The second-order valence-corrected chi connectivity index (χ2v) is 7.83. The minimum Gasteiger partial charge on any atom is -0.325 e. The summed E-state index contributed by atoms with van der Waals surface area (Å²) in [4.78, 5) is 12.4. The van der Waals surface area contributed by atoms with Crippen LogP contribution < -0.4 is 5.32 Å². The average molecular weight is 396 g/mol. The van der Waals surface area contributed by atoms with Crippen molar-refractivity contribution < 1.29 is 4.79 Å². The van der Waals surface area contributed by atoms with Crippen molar-refractivity contribution in [2.24, 2.45) is 0 Å². The first-order valence-corrected chi connectivity index (χ1v) is 9.31. The molecule has 0 aliphatic heterocycles. The molecule has 1 N–H and O–H groups in total. The molecule has 0 spiro atoms. The molecule has 1 heterocycles. The number of tetrazole rings is 1. The van der Waals surface area contributed by atoms with Gasteiger partial charge in [-0.25, -0.2) is 4.68 Å². The van der Waals surface area contributed by atoms with E-state index in [0.29, 0.717) is 11.2 Å². The Morgan fingerprint density at radius 2 is 2.22 bits per heavy atom. The molecule has 6 nitrogen and oxygen atoms in total. The maximum Gasteiger partial charge on any atom is 0.237 e. The molecule has 2 aromatic rings. The molecule has 1 saturated carbocycles. The summed E-state index contributed by atoms with van der Waals surface area (Å²) in [5.74, 6) is -0.0610. The molecule has 1 aromatic heterocycles. The van der Waals surface area contributed by atoms with Crippen LogP contribution in [-0.2, 0) is 4.79 Å². The molecule has 1 aliphatic carbocycles. The predicted octanol–water partition coefficient (Wildman–Crippen LogP) is 3.67. The quantitative estimate of drug-likeness (QED) is 0.781. The van der Waals surface area contributed by atoms with Gasteiger partial charge < -0.3 is 5.32 Å². The zero-order valence-corrected chi connectivity index (χ0v) is 15.2. The predicted molar refractivity (Wildman–Crippen MR) is 93.4 cm³/mol. The van der Waals surface area contributed by atoms with Gasteiger partial charge in [-0.15, -0.1) is 5.10 Å². The van der Waals surface area contributed by atoms with Crippen LogP contribution in [0.15, 0.2) is 33.9 Å². The third kappa shape index (κ3) is 4.11. The smallest absolute Gasteiger partial charge is 0.237 e. The first-order chi connectivity index (χ1) is 11.1. The Morgan fingerprint density at radius 3 is 2.96 bits per heavy atom. The Morgan fingerprint density at radius 1 is 1.43 bits per heavy atom. The SMILES string of the molecule is CC(Sc1nnnn1C1CCCC1)C(=O)Nc1cccc(Br)c1. The average Bonchev–Trinajstić information content (AvgIpc) is 3.17. The Bertz CT molecular complexity index is 686. The number of nitrogens with one attached hydrogen (secondary N) is 1. The second-order valence-electron chi connectivity index (χ2n) is 5.60. The van der Waals surface area contributed by atoms with Crippen molar-refractivity contribution in [1.82, 2.24) is 20.2 Å². The summed E-state index contributed by atoms with van der Waals surface area (Å²) in [6.45, 7) is 1.87. The summed E-state index contributed by atoms with van der Waals surface area (Å²) in [6, 6.07) is 7.91. The van der Waals surface area contributed by atoms with E-state index in [9.17, 15) is 4.79 Å². The molecule has 23 heavy (non-hydrogen) atoms. The summed E-state index contributed by atoms with van der Waals surface area (Å²) in [6.07, 6.45) is 4.65. The molecule has 1 unspecified atom stereocenters. The van der Waals surface area contributed by atoms with Crippen LogP contribution in [0.2, 0.25) is 0 Å². The Kier molecular flexibility index (Phi) is 5.32. The molecule has 0 radical (unpaired) electrons. The molecule has 1 amide bonds. The van der Waals surface area contributed by atoms with Gasteiger partial charge in [0.2, 0.25) is 11.1 Å². The molecule has 0 saturated heterocycles. The van der Waals surface area contributed by atoms with Crippen LogP contribution in [0.5, 0.6) is 0 Å². The molecule has 1 aromatic carbocycles. The topological polar surface area (TPSA) is 72.7 Å². The van der Waals surface area contributed by atoms with E-state index in [4.69, 9.17) is 0 Å². The van der Waals surface area contributed by atoms with Gasteiger partial charge in [-0.05, 0) is 48.4 Å². The normalized spacial score (nSPS) is 16.4. The van der Waals surface area contributed by atoms with Gasteiger partial charge in [-0.1, -0.05) is 46.6 Å². The van der Waals surface area contributed by atoms with Gasteiger partial charge in [0, 0.05) is 10.2 Å². The fraction of sp³-hybridized carbons (Fsp3) is 0.467. The lowest BCUT2D eigenvalue weighted by Crippen LogP contribution is -2.23. The molecule has 1 fully saturated rings. The maximum absolute atomic E-state index is 12.4. The monoisotopic (exact) mass is 395 g/mol. The molecule has 122 valence electrons. The van der Waals surface area contributed by atoms with Crippen LogP contribution in [0.1, 0.15) is 38.6 Å². The third-order valence-electron chi connectivity index (χ3n) is 3.88. The van der Waals surface area contributed by atoms with E-state index in [0.717, 1.165) is 23.0 Å². The maximum atomic E-state index is 12.4. The van der Waals surface area contributed by atoms with Crippen molar-refractivity contribution in [3.8, 4) is 0 Å². The number of benzene rings is 1. The fourth-order valence-corrected chi connectivity index (χ4v) is 3.92. The summed E-state index contributed by atoms with van der Waals surface area (Å²) < 4.78 is 2.81. The number of hydrogen-bond donors (Lipinski definition) is 1. The number of anilines is 1. The highest BCUT2D eigenvalue weighted by molar-refractivity contribution is 9.10. The Balaban J connectivity index is 1.63. The summed E-state index contributed by atoms with van der Waals surface area (Å²) >= 11 is 4.80. The lowest BCUT2D eigenvalue weighted by molar-refractivity contribution is -0.115. The minimum atomic E-state index is -0.278. The molecular formula is C15H18BrN5OS. The highest BCUT2D eigenvalue weighted by Gasteiger charge is 2.24. The van der Waals surface area contributed by atoms with Gasteiger partial charge in [-0.3, -0.25) is 4.79 Å². The van der Waals surface area contributed by atoms with Crippen LogP contribution in [0.4, 0.5) is 5.69 Å². The number of rotatable bonds is 5. The van der Waals surface area contributed by atoms with Crippen molar-refractivity contribution >= 4 is 39.3 Å². The third-order valence-corrected chi connectivity index (χ3v) is 5.42. The summed E-state index contributed by atoms with van der Waals surface area (Å²) in [5.41, 5.74) is 0.771. The number of nitrogens with zero attached hydrogens (tertiary/aromatic N) is 4. The first kappa shape index (κ1) is 16.4. The van der Waals surface area contributed by atoms with Gasteiger partial charge in [0.05, 0.1) is 11.3 Å². The van der Waals surface area contributed by atoms with E-state index in [1.165, 1.54) is 24.6 Å². The standard InChI is InChI=1S/C15H18BrN5OS/c1-10(14(22)17-12-6-4-5-11(16)9-12)23-15-18-19-20-21(15)13-7-2-3-8-13/h4-6,9-10,13H,2-3,7-8H2,1H3,(H,17,22). The van der Waals surface area contributed by atoms with Crippen LogP contribution >= 0.6 is 27.7 Å². The van der Waals surface area contributed by atoms with E-state index in [1.54, 1.807) is 0 Å². The highest BCUT2D eigenvalue weighted by Crippen LogP contribution is 2.32. The van der Waals surface area contributed by atoms with E-state index < -0.39 is 0 Å². The molecule has 8 heteroatoms. The minimum absolute atomic E-state index is 0.0610. The van der Waals surface area contributed by atoms with Crippen LogP contribution in [0.25, 0.3) is 0 Å². The van der Waals surface area contributed by atoms with Crippen molar-refractivity contribution in [1.29, 1.82) is 0 Å². The van der Waals surface area contributed by atoms with E-state index >= 15 is 0 Å². The molecular weight excluding hydrogens is 378 g/mol. The van der Waals surface area contributed by atoms with Gasteiger partial charge in [0.1, 0.15) is 0 Å². The Labute approximate surface area is 147 Å². The van der Waals surface area contributed by atoms with Gasteiger partial charge in [0.15, 0.2) is 0 Å². The number of hydrogen-bond acceptors (Lipinski definition) is 5. The van der Waals surface area contributed by atoms with Crippen molar-refractivity contribution in [2.75, 3.05) is 5.32 Å². The molecule has 3 rings (SSSR count). The lowest BCUT2D eigenvalue weighted by atomic mass is 10.3. The molecule has 1 atom stereocenters. The molecule has 1 aliphatic rings. The van der Waals surface area contributed by atoms with Gasteiger partial charge in [-0.2, -0.15) is 0 Å². The van der Waals surface area contributed by atoms with Crippen molar-refractivity contribution in [3.63, 3.8) is 0 Å². The Hall–Kier alpha value is -1.41. The number of carbonyl (C=O) groups excluding carboxylic acids is 1. The summed E-state index contributed by atoms with van der Waals surface area (Å²) in [5, 5.41) is 15.3. The highest BCUT2D eigenvalue weighted by atomic mass is 79.9. The second kappa shape index (κ2) is 7.44. The van der Waals surface area contributed by atoms with Crippen LogP contribution in [0.3, 0.4) is 0 Å². The van der Waals surface area contributed by atoms with Crippen LogP contribution in [0, 0.1) is 0 Å². The van der Waals surface area contributed by atoms with E-state index in [-0.39, 0.29) is 11.2 Å². The zero-order valence-electron chi connectivity index (χ0n) is 12.8. The molecule has 0 bridgehead atoms. The van der Waals surface area contributed by atoms with Crippen molar-refractivity contribution in [3.05, 3.63) is 28.7 Å². The van der Waals surface area contributed by atoms with E-state index in [2.05, 4.69) is 36.8 Å². The largest absolute Gasteiger partial charge is 0.325 e.